The lowest BCUT2D eigenvalue weighted by atomic mass is 9.81. The van der Waals surface area contributed by atoms with E-state index in [0.29, 0.717) is 5.56 Å². The molecule has 0 radical (unpaired) electrons. The number of nitrogens with one attached hydrogen (secondary N) is 2. The average Bonchev–Trinajstić information content (AvgIpc) is 2.49. The van der Waals surface area contributed by atoms with E-state index in [0.717, 1.165) is 30.5 Å². The summed E-state index contributed by atoms with van der Waals surface area (Å²) in [5, 5.41) is 6.03. The van der Waals surface area contributed by atoms with Crippen molar-refractivity contribution in [3.05, 3.63) is 24.0 Å². The highest BCUT2D eigenvalue weighted by atomic mass is 16.1. The number of rotatable bonds is 5. The van der Waals surface area contributed by atoms with Crippen molar-refractivity contribution in [2.45, 2.75) is 39.0 Å². The number of carbonyl (C=O) groups is 1. The predicted octanol–water partition coefficient (Wildman–Crippen LogP) is 3.07. The zero-order chi connectivity index (χ0) is 14.4. The van der Waals surface area contributed by atoms with Crippen molar-refractivity contribution < 1.29 is 4.79 Å². The van der Waals surface area contributed by atoms with Crippen LogP contribution in [0.25, 0.3) is 0 Å². The molecule has 0 unspecified atom stereocenters. The number of hydrogen-bond donors (Lipinski definition) is 2. The number of carbonyl (C=O) groups excluding carboxylic acids is 1. The minimum atomic E-state index is -0.0355. The van der Waals surface area contributed by atoms with Crippen LogP contribution in [-0.2, 0) is 0 Å². The van der Waals surface area contributed by atoms with Crippen molar-refractivity contribution in [1.29, 1.82) is 0 Å². The molecule has 2 rings (SSSR count). The normalized spacial score (nSPS) is 22.3. The summed E-state index contributed by atoms with van der Waals surface area (Å²) in [7, 11) is 1.81. The zero-order valence-corrected chi connectivity index (χ0v) is 12.5. The summed E-state index contributed by atoms with van der Waals surface area (Å²) in [6.45, 7) is 3.09. The lowest BCUT2D eigenvalue weighted by molar-refractivity contribution is 0.0950. The Morgan fingerprint density at radius 2 is 2.10 bits per heavy atom. The van der Waals surface area contributed by atoms with Gasteiger partial charge in [0, 0.05) is 31.7 Å². The third-order valence-corrected chi connectivity index (χ3v) is 4.31. The molecule has 1 aromatic heterocycles. The van der Waals surface area contributed by atoms with Crippen molar-refractivity contribution in [1.82, 2.24) is 10.3 Å². The van der Waals surface area contributed by atoms with Crippen molar-refractivity contribution >= 4 is 11.6 Å². The molecule has 4 nitrogen and oxygen atoms in total. The van der Waals surface area contributed by atoms with E-state index in [9.17, 15) is 4.79 Å². The van der Waals surface area contributed by atoms with Crippen LogP contribution in [0.1, 0.15) is 49.4 Å². The molecule has 110 valence electrons. The third kappa shape index (κ3) is 3.95. The number of hydrogen-bond acceptors (Lipinski definition) is 3. The van der Waals surface area contributed by atoms with Crippen LogP contribution < -0.4 is 10.6 Å². The van der Waals surface area contributed by atoms with Gasteiger partial charge in [-0.25, -0.2) is 0 Å². The smallest absolute Gasteiger partial charge is 0.254 e. The molecule has 1 aliphatic rings. The van der Waals surface area contributed by atoms with E-state index in [-0.39, 0.29) is 5.91 Å². The van der Waals surface area contributed by atoms with Gasteiger partial charge in [0.15, 0.2) is 0 Å². The summed E-state index contributed by atoms with van der Waals surface area (Å²) in [6, 6.07) is 1.82. The fourth-order valence-electron chi connectivity index (χ4n) is 2.90. The van der Waals surface area contributed by atoms with Crippen molar-refractivity contribution in [2.24, 2.45) is 11.8 Å². The van der Waals surface area contributed by atoms with Gasteiger partial charge >= 0.3 is 0 Å². The summed E-state index contributed by atoms with van der Waals surface area (Å²) in [5.41, 5.74) is 1.44. The van der Waals surface area contributed by atoms with Gasteiger partial charge in [0.1, 0.15) is 0 Å². The number of aromatic nitrogens is 1. The molecular formula is C16H25N3O. The first kappa shape index (κ1) is 14.8. The molecule has 0 saturated heterocycles. The van der Waals surface area contributed by atoms with Gasteiger partial charge in [0.2, 0.25) is 0 Å². The number of anilines is 1. The summed E-state index contributed by atoms with van der Waals surface area (Å²) in [5.74, 6) is 1.63. The molecule has 1 saturated carbocycles. The van der Waals surface area contributed by atoms with E-state index in [1.54, 1.807) is 12.4 Å². The van der Waals surface area contributed by atoms with Gasteiger partial charge in [-0.05, 0) is 24.3 Å². The second-order valence-electron chi connectivity index (χ2n) is 5.84. The molecule has 1 aliphatic carbocycles. The van der Waals surface area contributed by atoms with Crippen LogP contribution in [0, 0.1) is 11.8 Å². The van der Waals surface area contributed by atoms with Gasteiger partial charge in [-0.15, -0.1) is 0 Å². The van der Waals surface area contributed by atoms with E-state index in [2.05, 4.69) is 22.5 Å². The lowest BCUT2D eigenvalue weighted by Gasteiger charge is -2.26. The molecule has 0 aliphatic heterocycles. The summed E-state index contributed by atoms with van der Waals surface area (Å²) in [4.78, 5) is 16.1. The zero-order valence-electron chi connectivity index (χ0n) is 12.5. The second-order valence-corrected chi connectivity index (χ2v) is 5.84. The topological polar surface area (TPSA) is 54.0 Å². The Bertz CT molecular complexity index is 439. The second kappa shape index (κ2) is 7.27. The monoisotopic (exact) mass is 275 g/mol. The lowest BCUT2D eigenvalue weighted by Crippen LogP contribution is -2.27. The Labute approximate surface area is 121 Å². The number of amides is 1. The van der Waals surface area contributed by atoms with Gasteiger partial charge in [-0.3, -0.25) is 9.78 Å². The summed E-state index contributed by atoms with van der Waals surface area (Å²) < 4.78 is 0. The Morgan fingerprint density at radius 3 is 2.80 bits per heavy atom. The number of nitrogens with zero attached hydrogens (tertiary/aromatic N) is 1. The maximum atomic E-state index is 12.1. The Hall–Kier alpha value is -1.58. The van der Waals surface area contributed by atoms with Crippen LogP contribution >= 0.6 is 0 Å². The van der Waals surface area contributed by atoms with Crippen LogP contribution in [0.15, 0.2) is 18.5 Å². The largest absolute Gasteiger partial charge is 0.387 e. The van der Waals surface area contributed by atoms with Crippen LogP contribution in [0.4, 0.5) is 5.69 Å². The van der Waals surface area contributed by atoms with E-state index in [1.807, 2.05) is 13.1 Å². The highest BCUT2D eigenvalue weighted by Gasteiger charge is 2.18. The van der Waals surface area contributed by atoms with E-state index in [1.165, 1.54) is 25.7 Å². The maximum Gasteiger partial charge on any atom is 0.254 e. The van der Waals surface area contributed by atoms with Gasteiger partial charge in [0.05, 0.1) is 5.56 Å². The molecule has 1 heterocycles. The minimum absolute atomic E-state index is 0.0355. The predicted molar refractivity (Wildman–Crippen MR) is 81.9 cm³/mol. The first-order chi connectivity index (χ1) is 9.70. The molecule has 2 N–H and O–H groups in total. The maximum absolute atomic E-state index is 12.1. The highest BCUT2D eigenvalue weighted by molar-refractivity contribution is 5.99. The summed E-state index contributed by atoms with van der Waals surface area (Å²) in [6.07, 6.45) is 9.69. The van der Waals surface area contributed by atoms with E-state index in [4.69, 9.17) is 0 Å². The van der Waals surface area contributed by atoms with Gasteiger partial charge in [-0.1, -0.05) is 32.6 Å². The Kier molecular flexibility index (Phi) is 5.39. The van der Waals surface area contributed by atoms with E-state index >= 15 is 0 Å². The Morgan fingerprint density at radius 1 is 1.35 bits per heavy atom. The molecule has 1 amide bonds. The fourth-order valence-corrected chi connectivity index (χ4v) is 2.90. The molecule has 1 fully saturated rings. The van der Waals surface area contributed by atoms with Crippen LogP contribution in [0.3, 0.4) is 0 Å². The molecule has 4 heteroatoms. The molecule has 0 bridgehead atoms. The molecular weight excluding hydrogens is 250 g/mol. The first-order valence-electron chi connectivity index (χ1n) is 7.60. The summed E-state index contributed by atoms with van der Waals surface area (Å²) >= 11 is 0. The molecule has 0 aromatic carbocycles. The van der Waals surface area contributed by atoms with Gasteiger partial charge in [-0.2, -0.15) is 0 Å². The molecule has 0 spiro atoms. The van der Waals surface area contributed by atoms with Crippen LogP contribution in [0.5, 0.6) is 0 Å². The Balaban J connectivity index is 1.78. The minimum Gasteiger partial charge on any atom is -0.387 e. The SMILES string of the molecule is CNc1ccncc1C(=O)NCCC1CCC(C)CC1. The van der Waals surface area contributed by atoms with Crippen molar-refractivity contribution in [3.63, 3.8) is 0 Å². The van der Waals surface area contributed by atoms with Gasteiger partial charge < -0.3 is 10.6 Å². The first-order valence-corrected chi connectivity index (χ1v) is 7.60. The quantitative estimate of drug-likeness (QED) is 0.868. The molecule has 1 aromatic rings. The standard InChI is InChI=1S/C16H25N3O/c1-12-3-5-13(6-4-12)7-10-19-16(20)14-11-18-9-8-15(14)17-2/h8-9,11-13H,3-7,10H2,1-2H3,(H,17,18)(H,19,20). The van der Waals surface area contributed by atoms with Crippen LogP contribution in [0.2, 0.25) is 0 Å². The van der Waals surface area contributed by atoms with Gasteiger partial charge in [0.25, 0.3) is 5.91 Å². The fraction of sp³-hybridized carbons (Fsp3) is 0.625. The van der Waals surface area contributed by atoms with E-state index < -0.39 is 0 Å². The third-order valence-electron chi connectivity index (χ3n) is 4.31. The molecule has 20 heavy (non-hydrogen) atoms. The van der Waals surface area contributed by atoms with Crippen molar-refractivity contribution in [2.75, 3.05) is 18.9 Å². The average molecular weight is 275 g/mol. The van der Waals surface area contributed by atoms with Crippen LogP contribution in [-0.4, -0.2) is 24.5 Å². The highest BCUT2D eigenvalue weighted by Crippen LogP contribution is 2.29. The number of pyridine rings is 1. The van der Waals surface area contributed by atoms with Crippen molar-refractivity contribution in [3.8, 4) is 0 Å². The molecule has 0 atom stereocenters.